The first kappa shape index (κ1) is 14.8. The molecule has 0 saturated heterocycles. The highest BCUT2D eigenvalue weighted by molar-refractivity contribution is 5.92. The van der Waals surface area contributed by atoms with Crippen LogP contribution in [-0.2, 0) is 9.53 Å². The van der Waals surface area contributed by atoms with Crippen molar-refractivity contribution in [3.8, 4) is 0 Å². The van der Waals surface area contributed by atoms with Gasteiger partial charge < -0.3 is 21.1 Å². The van der Waals surface area contributed by atoms with Gasteiger partial charge in [-0.05, 0) is 43.9 Å². The quantitative estimate of drug-likeness (QED) is 0.769. The van der Waals surface area contributed by atoms with E-state index in [9.17, 15) is 4.79 Å². The minimum absolute atomic E-state index is 0.0646. The number of nitrogens with two attached hydrogens (primary N) is 1. The zero-order valence-corrected chi connectivity index (χ0v) is 11.9. The lowest BCUT2D eigenvalue weighted by Gasteiger charge is -2.28. The van der Waals surface area contributed by atoms with Crippen molar-refractivity contribution in [3.63, 3.8) is 0 Å². The Hall–Kier alpha value is -1.59. The largest absolute Gasteiger partial charge is 0.382 e. The lowest BCUT2D eigenvalue weighted by Crippen LogP contribution is -2.34. The standard InChI is InChI=1S/C15H23N3O2/c1-20-10-15(19)18-14-7-3-6-13(9-14)17-12-5-2-4-11(16)8-12/h3,6-7,9,11-12,17H,2,4-5,8,10,16H2,1H3,(H,18,19). The Labute approximate surface area is 119 Å². The Kier molecular flexibility index (Phi) is 5.38. The summed E-state index contributed by atoms with van der Waals surface area (Å²) >= 11 is 0. The van der Waals surface area contributed by atoms with Crippen LogP contribution in [0.5, 0.6) is 0 Å². The Morgan fingerprint density at radius 1 is 1.40 bits per heavy atom. The van der Waals surface area contributed by atoms with Gasteiger partial charge in [0.2, 0.25) is 5.91 Å². The number of methoxy groups -OCH3 is 1. The highest BCUT2D eigenvalue weighted by Crippen LogP contribution is 2.22. The van der Waals surface area contributed by atoms with Gasteiger partial charge in [-0.15, -0.1) is 0 Å². The summed E-state index contributed by atoms with van der Waals surface area (Å²) in [5.74, 6) is -0.149. The molecule has 1 aromatic rings. The molecule has 0 spiro atoms. The summed E-state index contributed by atoms with van der Waals surface area (Å²) in [6.45, 7) is 0.0646. The molecule has 0 bridgehead atoms. The number of hydrogen-bond donors (Lipinski definition) is 3. The molecule has 5 heteroatoms. The minimum Gasteiger partial charge on any atom is -0.382 e. The van der Waals surface area contributed by atoms with Crippen LogP contribution in [0.2, 0.25) is 0 Å². The van der Waals surface area contributed by atoms with Crippen molar-refractivity contribution in [2.24, 2.45) is 5.73 Å². The molecule has 1 amide bonds. The van der Waals surface area contributed by atoms with Crippen LogP contribution in [0.25, 0.3) is 0 Å². The Morgan fingerprint density at radius 3 is 2.95 bits per heavy atom. The van der Waals surface area contributed by atoms with E-state index < -0.39 is 0 Å². The van der Waals surface area contributed by atoms with Crippen LogP contribution in [0.1, 0.15) is 25.7 Å². The molecule has 110 valence electrons. The van der Waals surface area contributed by atoms with Gasteiger partial charge in [-0.1, -0.05) is 6.07 Å². The molecule has 1 aliphatic rings. The Balaban J connectivity index is 1.93. The molecule has 1 fully saturated rings. The fraction of sp³-hybridized carbons (Fsp3) is 0.533. The summed E-state index contributed by atoms with van der Waals surface area (Å²) in [5, 5.41) is 6.29. The number of ether oxygens (including phenoxy) is 1. The molecule has 0 aromatic heterocycles. The second-order valence-corrected chi connectivity index (χ2v) is 5.33. The summed E-state index contributed by atoms with van der Waals surface area (Å²) in [6, 6.07) is 8.45. The third-order valence-electron chi connectivity index (χ3n) is 3.51. The molecule has 1 aliphatic carbocycles. The summed E-state index contributed by atoms with van der Waals surface area (Å²) in [4.78, 5) is 11.5. The summed E-state index contributed by atoms with van der Waals surface area (Å²) < 4.78 is 4.80. The SMILES string of the molecule is COCC(=O)Nc1cccc(NC2CCCC(N)C2)c1. The topological polar surface area (TPSA) is 76.4 Å². The number of carbonyl (C=O) groups excluding carboxylic acids is 1. The highest BCUT2D eigenvalue weighted by atomic mass is 16.5. The monoisotopic (exact) mass is 277 g/mol. The van der Waals surface area contributed by atoms with Crippen LogP contribution in [0.3, 0.4) is 0 Å². The fourth-order valence-electron chi connectivity index (χ4n) is 2.61. The lowest BCUT2D eigenvalue weighted by atomic mass is 9.91. The van der Waals surface area contributed by atoms with Crippen LogP contribution in [0, 0.1) is 0 Å². The number of carbonyl (C=O) groups is 1. The van der Waals surface area contributed by atoms with Gasteiger partial charge in [0, 0.05) is 30.6 Å². The van der Waals surface area contributed by atoms with E-state index in [4.69, 9.17) is 10.5 Å². The van der Waals surface area contributed by atoms with Crippen molar-refractivity contribution in [2.75, 3.05) is 24.4 Å². The van der Waals surface area contributed by atoms with E-state index in [0.29, 0.717) is 12.1 Å². The van der Waals surface area contributed by atoms with Crippen molar-refractivity contribution in [3.05, 3.63) is 24.3 Å². The van der Waals surface area contributed by atoms with E-state index in [0.717, 1.165) is 30.6 Å². The molecule has 0 aliphatic heterocycles. The predicted molar refractivity (Wildman–Crippen MR) is 80.8 cm³/mol. The number of rotatable bonds is 5. The second kappa shape index (κ2) is 7.26. The van der Waals surface area contributed by atoms with Crippen molar-refractivity contribution in [1.29, 1.82) is 0 Å². The van der Waals surface area contributed by atoms with Crippen LogP contribution < -0.4 is 16.4 Å². The van der Waals surface area contributed by atoms with Crippen LogP contribution >= 0.6 is 0 Å². The molecule has 20 heavy (non-hydrogen) atoms. The van der Waals surface area contributed by atoms with Gasteiger partial charge >= 0.3 is 0 Å². The van der Waals surface area contributed by atoms with E-state index in [1.165, 1.54) is 13.5 Å². The van der Waals surface area contributed by atoms with Crippen molar-refractivity contribution >= 4 is 17.3 Å². The van der Waals surface area contributed by atoms with E-state index in [1.807, 2.05) is 24.3 Å². The molecule has 1 saturated carbocycles. The average molecular weight is 277 g/mol. The molecule has 1 aromatic carbocycles. The van der Waals surface area contributed by atoms with E-state index in [1.54, 1.807) is 0 Å². The first-order valence-electron chi connectivity index (χ1n) is 7.08. The van der Waals surface area contributed by atoms with Crippen LogP contribution in [0.4, 0.5) is 11.4 Å². The van der Waals surface area contributed by atoms with E-state index >= 15 is 0 Å². The molecular formula is C15H23N3O2. The van der Waals surface area contributed by atoms with Gasteiger partial charge in [-0.2, -0.15) is 0 Å². The number of benzene rings is 1. The average Bonchev–Trinajstić information content (AvgIpc) is 2.39. The molecule has 4 N–H and O–H groups in total. The summed E-state index contributed by atoms with van der Waals surface area (Å²) in [6.07, 6.45) is 4.43. The number of nitrogens with one attached hydrogen (secondary N) is 2. The number of amides is 1. The Bertz CT molecular complexity index is 450. The smallest absolute Gasteiger partial charge is 0.250 e. The first-order valence-corrected chi connectivity index (χ1v) is 7.08. The van der Waals surface area contributed by atoms with Crippen molar-refractivity contribution < 1.29 is 9.53 Å². The van der Waals surface area contributed by atoms with Gasteiger partial charge in [0.25, 0.3) is 0 Å². The molecule has 0 heterocycles. The summed E-state index contributed by atoms with van der Waals surface area (Å²) in [7, 11) is 1.50. The zero-order valence-electron chi connectivity index (χ0n) is 11.9. The maximum Gasteiger partial charge on any atom is 0.250 e. The van der Waals surface area contributed by atoms with Crippen molar-refractivity contribution in [1.82, 2.24) is 0 Å². The van der Waals surface area contributed by atoms with Crippen LogP contribution in [0.15, 0.2) is 24.3 Å². The highest BCUT2D eigenvalue weighted by Gasteiger charge is 2.18. The fourth-order valence-corrected chi connectivity index (χ4v) is 2.61. The van der Waals surface area contributed by atoms with E-state index in [2.05, 4.69) is 10.6 Å². The molecule has 2 unspecified atom stereocenters. The Morgan fingerprint density at radius 2 is 2.20 bits per heavy atom. The molecule has 5 nitrogen and oxygen atoms in total. The minimum atomic E-state index is -0.149. The lowest BCUT2D eigenvalue weighted by molar-refractivity contribution is -0.119. The van der Waals surface area contributed by atoms with Gasteiger partial charge in [-0.3, -0.25) is 4.79 Å². The maximum atomic E-state index is 11.5. The molecule has 2 atom stereocenters. The molecular weight excluding hydrogens is 254 g/mol. The van der Waals surface area contributed by atoms with Gasteiger partial charge in [0.1, 0.15) is 6.61 Å². The third-order valence-corrected chi connectivity index (χ3v) is 3.51. The zero-order chi connectivity index (χ0) is 14.4. The summed E-state index contributed by atoms with van der Waals surface area (Å²) in [5.41, 5.74) is 7.79. The van der Waals surface area contributed by atoms with Crippen molar-refractivity contribution in [2.45, 2.75) is 37.8 Å². The normalized spacial score (nSPS) is 22.3. The first-order chi connectivity index (χ1) is 9.67. The van der Waals surface area contributed by atoms with Gasteiger partial charge in [0.15, 0.2) is 0 Å². The number of hydrogen-bond acceptors (Lipinski definition) is 4. The van der Waals surface area contributed by atoms with Gasteiger partial charge in [0.05, 0.1) is 0 Å². The van der Waals surface area contributed by atoms with Crippen LogP contribution in [-0.4, -0.2) is 31.7 Å². The van der Waals surface area contributed by atoms with Gasteiger partial charge in [-0.25, -0.2) is 0 Å². The molecule has 0 radical (unpaired) electrons. The van der Waals surface area contributed by atoms with E-state index in [-0.39, 0.29) is 12.5 Å². The third kappa shape index (κ3) is 4.51. The predicted octanol–water partition coefficient (Wildman–Crippen LogP) is 1.95. The maximum absolute atomic E-state index is 11.5. The second-order valence-electron chi connectivity index (χ2n) is 5.33. The number of anilines is 2. The molecule has 2 rings (SSSR count).